The van der Waals surface area contributed by atoms with Gasteiger partial charge in [-0.2, -0.15) is 0 Å². The number of fused-ring (bicyclic) bond motifs is 1. The molecule has 0 radical (unpaired) electrons. The predicted molar refractivity (Wildman–Crippen MR) is 74.9 cm³/mol. The summed E-state index contributed by atoms with van der Waals surface area (Å²) in [6.45, 7) is 1.48. The van der Waals surface area contributed by atoms with Crippen LogP contribution in [-0.2, 0) is 18.8 Å². The highest BCUT2D eigenvalue weighted by atomic mass is 35.5. The first-order valence-corrected chi connectivity index (χ1v) is 6.84. The molecule has 0 saturated heterocycles. The lowest BCUT2D eigenvalue weighted by molar-refractivity contribution is 0.592. The van der Waals surface area contributed by atoms with Crippen LogP contribution < -0.4 is 4.90 Å². The molecule has 2 heterocycles. The molecule has 0 saturated carbocycles. The summed E-state index contributed by atoms with van der Waals surface area (Å²) in [6.07, 6.45) is 2.54. The zero-order valence-corrected chi connectivity index (χ0v) is 11.2. The van der Waals surface area contributed by atoms with Crippen molar-refractivity contribution in [2.24, 2.45) is 0 Å². The van der Waals surface area contributed by atoms with Crippen molar-refractivity contribution < 1.29 is 4.39 Å². The third-order valence-electron chi connectivity index (χ3n) is 3.52. The van der Waals surface area contributed by atoms with E-state index in [1.54, 1.807) is 12.3 Å². The van der Waals surface area contributed by atoms with Crippen LogP contribution >= 0.6 is 11.6 Å². The van der Waals surface area contributed by atoms with E-state index < -0.39 is 0 Å². The Morgan fingerprint density at radius 3 is 2.79 bits per heavy atom. The molecular formula is C15H14ClFN2. The first-order chi connectivity index (χ1) is 9.29. The Morgan fingerprint density at radius 2 is 2.00 bits per heavy atom. The maximum atomic E-state index is 14.2. The van der Waals surface area contributed by atoms with Gasteiger partial charge in [0.05, 0.1) is 5.88 Å². The van der Waals surface area contributed by atoms with Gasteiger partial charge in [-0.25, -0.2) is 9.37 Å². The molecule has 0 bridgehead atoms. The van der Waals surface area contributed by atoms with Crippen molar-refractivity contribution in [3.63, 3.8) is 0 Å². The van der Waals surface area contributed by atoms with E-state index in [1.807, 2.05) is 17.0 Å². The minimum atomic E-state index is -0.295. The van der Waals surface area contributed by atoms with E-state index in [4.69, 9.17) is 11.6 Å². The number of aromatic nitrogens is 1. The van der Waals surface area contributed by atoms with Crippen LogP contribution in [-0.4, -0.2) is 11.5 Å². The molecule has 2 aromatic rings. The number of hydrogen-bond acceptors (Lipinski definition) is 2. The molecule has 98 valence electrons. The fraction of sp³-hybridized carbons (Fsp3) is 0.267. The number of benzene rings is 1. The quantitative estimate of drug-likeness (QED) is 0.780. The van der Waals surface area contributed by atoms with Gasteiger partial charge in [-0.15, -0.1) is 11.6 Å². The van der Waals surface area contributed by atoms with Crippen LogP contribution in [0.15, 0.2) is 36.5 Å². The molecule has 1 aliphatic heterocycles. The fourth-order valence-electron chi connectivity index (χ4n) is 2.47. The summed E-state index contributed by atoms with van der Waals surface area (Å²) < 4.78 is 14.2. The number of alkyl halides is 1. The van der Waals surface area contributed by atoms with Crippen molar-refractivity contribution in [1.82, 2.24) is 4.98 Å². The van der Waals surface area contributed by atoms with Crippen LogP contribution in [0.2, 0.25) is 0 Å². The van der Waals surface area contributed by atoms with E-state index in [0.29, 0.717) is 17.9 Å². The molecule has 1 aliphatic rings. The SMILES string of the molecule is Fc1c(CCl)ccnc1N1CCc2ccccc2C1. The number of rotatable bonds is 2. The first kappa shape index (κ1) is 12.4. The maximum Gasteiger partial charge on any atom is 0.170 e. The number of pyridine rings is 1. The van der Waals surface area contributed by atoms with E-state index in [9.17, 15) is 4.39 Å². The summed E-state index contributed by atoms with van der Waals surface area (Å²) >= 11 is 5.74. The van der Waals surface area contributed by atoms with Crippen LogP contribution in [0.4, 0.5) is 10.2 Å². The zero-order valence-electron chi connectivity index (χ0n) is 10.4. The molecule has 0 spiro atoms. The van der Waals surface area contributed by atoms with Gasteiger partial charge in [-0.1, -0.05) is 24.3 Å². The summed E-state index contributed by atoms with van der Waals surface area (Å²) in [6, 6.07) is 9.91. The monoisotopic (exact) mass is 276 g/mol. The Kier molecular flexibility index (Phi) is 3.38. The molecule has 0 amide bonds. The predicted octanol–water partition coefficient (Wildman–Crippen LogP) is 3.52. The molecule has 19 heavy (non-hydrogen) atoms. The van der Waals surface area contributed by atoms with E-state index in [1.165, 1.54) is 11.1 Å². The largest absolute Gasteiger partial charge is 0.350 e. The van der Waals surface area contributed by atoms with Gasteiger partial charge in [0.15, 0.2) is 11.6 Å². The molecular weight excluding hydrogens is 263 g/mol. The lowest BCUT2D eigenvalue weighted by Crippen LogP contribution is -2.31. The van der Waals surface area contributed by atoms with Gasteiger partial charge in [0, 0.05) is 24.8 Å². The summed E-state index contributed by atoms with van der Waals surface area (Å²) in [7, 11) is 0. The number of halogens is 2. The molecule has 0 fully saturated rings. The molecule has 0 N–H and O–H groups in total. The minimum absolute atomic E-state index is 0.172. The molecule has 4 heteroatoms. The third-order valence-corrected chi connectivity index (χ3v) is 3.81. The van der Waals surface area contributed by atoms with Gasteiger partial charge in [-0.3, -0.25) is 0 Å². The summed E-state index contributed by atoms with van der Waals surface area (Å²) in [5, 5.41) is 0. The molecule has 0 aliphatic carbocycles. The van der Waals surface area contributed by atoms with Gasteiger partial charge < -0.3 is 4.90 Å². The molecule has 3 rings (SSSR count). The normalized spacial score (nSPS) is 14.3. The van der Waals surface area contributed by atoms with E-state index >= 15 is 0 Å². The van der Waals surface area contributed by atoms with Gasteiger partial charge in [-0.05, 0) is 23.6 Å². The van der Waals surface area contributed by atoms with Gasteiger partial charge in [0.2, 0.25) is 0 Å². The van der Waals surface area contributed by atoms with Gasteiger partial charge >= 0.3 is 0 Å². The van der Waals surface area contributed by atoms with Crippen molar-refractivity contribution in [1.29, 1.82) is 0 Å². The second-order valence-corrected chi connectivity index (χ2v) is 4.95. The average Bonchev–Trinajstić information content (AvgIpc) is 2.47. The zero-order chi connectivity index (χ0) is 13.2. The highest BCUT2D eigenvalue weighted by molar-refractivity contribution is 6.17. The number of anilines is 1. The van der Waals surface area contributed by atoms with Crippen molar-refractivity contribution in [3.8, 4) is 0 Å². The topological polar surface area (TPSA) is 16.1 Å². The van der Waals surface area contributed by atoms with Crippen molar-refractivity contribution in [2.45, 2.75) is 18.8 Å². The minimum Gasteiger partial charge on any atom is -0.350 e. The van der Waals surface area contributed by atoms with Crippen LogP contribution in [0.5, 0.6) is 0 Å². The second-order valence-electron chi connectivity index (χ2n) is 4.68. The molecule has 2 nitrogen and oxygen atoms in total. The highest BCUT2D eigenvalue weighted by Gasteiger charge is 2.20. The van der Waals surface area contributed by atoms with Gasteiger partial charge in [0.25, 0.3) is 0 Å². The maximum absolute atomic E-state index is 14.2. The fourth-order valence-corrected chi connectivity index (χ4v) is 2.68. The Hall–Kier alpha value is -1.61. The van der Waals surface area contributed by atoms with E-state index in [2.05, 4.69) is 17.1 Å². The molecule has 0 unspecified atom stereocenters. The smallest absolute Gasteiger partial charge is 0.170 e. The highest BCUT2D eigenvalue weighted by Crippen LogP contribution is 2.26. The van der Waals surface area contributed by atoms with Crippen LogP contribution in [0.1, 0.15) is 16.7 Å². The standard InChI is InChI=1S/C15H14ClFN2/c16-9-12-5-7-18-15(14(12)17)19-8-6-11-3-1-2-4-13(11)10-19/h1-5,7H,6,8-10H2. The van der Waals surface area contributed by atoms with Crippen molar-refractivity contribution in [2.75, 3.05) is 11.4 Å². The Bertz CT molecular complexity index is 600. The Morgan fingerprint density at radius 1 is 1.21 bits per heavy atom. The van der Waals surface area contributed by atoms with Gasteiger partial charge in [0.1, 0.15) is 0 Å². The van der Waals surface area contributed by atoms with Crippen molar-refractivity contribution >= 4 is 17.4 Å². The Balaban J connectivity index is 1.93. The lowest BCUT2D eigenvalue weighted by Gasteiger charge is -2.30. The lowest BCUT2D eigenvalue weighted by atomic mass is 10.00. The van der Waals surface area contributed by atoms with E-state index in [-0.39, 0.29) is 11.7 Å². The van der Waals surface area contributed by atoms with E-state index in [0.717, 1.165) is 13.0 Å². The second kappa shape index (κ2) is 5.17. The third kappa shape index (κ3) is 2.30. The average molecular weight is 277 g/mol. The van der Waals surface area contributed by atoms with Crippen LogP contribution in [0, 0.1) is 5.82 Å². The summed E-state index contributed by atoms with van der Waals surface area (Å²) in [5.41, 5.74) is 3.09. The van der Waals surface area contributed by atoms with Crippen LogP contribution in [0.3, 0.4) is 0 Å². The molecule has 0 atom stereocenters. The Labute approximate surface area is 116 Å². The summed E-state index contributed by atoms with van der Waals surface area (Å²) in [5.74, 6) is 0.288. The van der Waals surface area contributed by atoms with Crippen LogP contribution in [0.25, 0.3) is 0 Å². The number of nitrogens with zero attached hydrogens (tertiary/aromatic N) is 2. The number of hydrogen-bond donors (Lipinski definition) is 0. The molecule has 1 aromatic carbocycles. The summed E-state index contributed by atoms with van der Waals surface area (Å²) in [4.78, 5) is 6.16. The first-order valence-electron chi connectivity index (χ1n) is 6.30. The molecule has 1 aromatic heterocycles. The van der Waals surface area contributed by atoms with Crippen molar-refractivity contribution in [3.05, 3.63) is 59.0 Å².